The number of halogens is 3. The maximum Gasteiger partial charge on any atom is 0.193 e. The van der Waals surface area contributed by atoms with Gasteiger partial charge in [0.05, 0.1) is 7.11 Å². The van der Waals surface area contributed by atoms with Crippen molar-refractivity contribution in [2.45, 2.75) is 12.8 Å². The molecule has 0 aromatic heterocycles. The number of piperazine rings is 1. The van der Waals surface area contributed by atoms with Crippen LogP contribution in [0.5, 0.6) is 5.75 Å². The second kappa shape index (κ2) is 8.06. The summed E-state index contributed by atoms with van der Waals surface area (Å²) in [6, 6.07) is 5.74. The Labute approximate surface area is 167 Å². The van der Waals surface area contributed by atoms with Gasteiger partial charge in [-0.05, 0) is 49.1 Å². The van der Waals surface area contributed by atoms with Gasteiger partial charge in [-0.1, -0.05) is 0 Å². The number of carbonyl (C=O) groups excluding carboxylic acids is 1. The molecular weight excluding hydrogens is 381 g/mol. The molecular formula is C22H23F3N2O2. The third-order valence-corrected chi connectivity index (χ3v) is 5.59. The van der Waals surface area contributed by atoms with Crippen LogP contribution in [0, 0.1) is 23.4 Å². The number of ketones is 1. The van der Waals surface area contributed by atoms with Crippen LogP contribution in [-0.4, -0.2) is 50.5 Å². The Morgan fingerprint density at radius 1 is 0.966 bits per heavy atom. The first-order valence-corrected chi connectivity index (χ1v) is 9.81. The Morgan fingerprint density at radius 2 is 1.59 bits per heavy atom. The van der Waals surface area contributed by atoms with E-state index in [4.69, 9.17) is 4.74 Å². The summed E-state index contributed by atoms with van der Waals surface area (Å²) in [5.74, 6) is -2.14. The SMILES string of the molecule is COc1ccc(C(=O)c2cc(F)c(N3CCN(CC4CC4)CC3)c(F)c2)cc1F. The molecule has 0 spiro atoms. The number of hydrogen-bond donors (Lipinski definition) is 0. The predicted octanol–water partition coefficient (Wildman–Crippen LogP) is 3.88. The van der Waals surface area contributed by atoms with Crippen molar-refractivity contribution < 1.29 is 22.7 Å². The highest BCUT2D eigenvalue weighted by Crippen LogP contribution is 2.31. The summed E-state index contributed by atoms with van der Waals surface area (Å²) in [7, 11) is 1.31. The van der Waals surface area contributed by atoms with Gasteiger partial charge in [-0.3, -0.25) is 9.69 Å². The minimum absolute atomic E-state index is 0.00328. The molecule has 0 amide bonds. The normalized spacial score (nSPS) is 17.4. The van der Waals surface area contributed by atoms with Crippen molar-refractivity contribution >= 4 is 11.5 Å². The summed E-state index contributed by atoms with van der Waals surface area (Å²) < 4.78 is 48.2. The van der Waals surface area contributed by atoms with Crippen LogP contribution in [0.15, 0.2) is 30.3 Å². The zero-order valence-corrected chi connectivity index (χ0v) is 16.3. The molecule has 0 radical (unpaired) electrons. The molecule has 7 heteroatoms. The molecule has 1 saturated heterocycles. The Hall–Kier alpha value is -2.54. The van der Waals surface area contributed by atoms with Gasteiger partial charge < -0.3 is 9.64 Å². The van der Waals surface area contributed by atoms with Crippen molar-refractivity contribution in [3.05, 3.63) is 58.9 Å². The average molecular weight is 404 g/mol. The fraction of sp³-hybridized carbons (Fsp3) is 0.409. The molecule has 0 bridgehead atoms. The highest BCUT2D eigenvalue weighted by Gasteiger charge is 2.28. The smallest absolute Gasteiger partial charge is 0.193 e. The molecule has 0 atom stereocenters. The Bertz CT molecular complexity index is 899. The molecule has 4 nitrogen and oxygen atoms in total. The van der Waals surface area contributed by atoms with Crippen LogP contribution in [0.25, 0.3) is 0 Å². The van der Waals surface area contributed by atoms with Gasteiger partial charge in [-0.25, -0.2) is 13.2 Å². The molecule has 0 N–H and O–H groups in total. The van der Waals surface area contributed by atoms with Crippen LogP contribution >= 0.6 is 0 Å². The lowest BCUT2D eigenvalue weighted by Crippen LogP contribution is -2.47. The molecule has 2 aliphatic rings. The van der Waals surface area contributed by atoms with Crippen LogP contribution in [0.3, 0.4) is 0 Å². The van der Waals surface area contributed by atoms with Crippen molar-refractivity contribution in [3.8, 4) is 5.75 Å². The van der Waals surface area contributed by atoms with Gasteiger partial charge >= 0.3 is 0 Å². The second-order valence-corrected chi connectivity index (χ2v) is 7.70. The van der Waals surface area contributed by atoms with Gasteiger partial charge in [0.2, 0.25) is 0 Å². The number of ether oxygens (including phenoxy) is 1. The topological polar surface area (TPSA) is 32.8 Å². The van der Waals surface area contributed by atoms with Crippen molar-refractivity contribution in [2.75, 3.05) is 44.7 Å². The predicted molar refractivity (Wildman–Crippen MR) is 104 cm³/mol. The van der Waals surface area contributed by atoms with E-state index < -0.39 is 23.2 Å². The number of nitrogens with zero attached hydrogens (tertiary/aromatic N) is 2. The summed E-state index contributed by atoms with van der Waals surface area (Å²) >= 11 is 0. The zero-order valence-electron chi connectivity index (χ0n) is 16.3. The Morgan fingerprint density at radius 3 is 2.14 bits per heavy atom. The minimum atomic E-state index is -0.780. The third-order valence-electron chi connectivity index (χ3n) is 5.59. The fourth-order valence-corrected chi connectivity index (χ4v) is 3.79. The maximum absolute atomic E-state index is 14.7. The largest absolute Gasteiger partial charge is 0.494 e. The summed E-state index contributed by atoms with van der Waals surface area (Å²) in [4.78, 5) is 16.6. The number of hydrogen-bond acceptors (Lipinski definition) is 4. The summed E-state index contributed by atoms with van der Waals surface area (Å²) in [6.07, 6.45) is 2.55. The molecule has 2 fully saturated rings. The van der Waals surface area contributed by atoms with Gasteiger partial charge in [0.1, 0.15) is 17.3 Å². The van der Waals surface area contributed by atoms with E-state index in [0.29, 0.717) is 13.1 Å². The minimum Gasteiger partial charge on any atom is -0.494 e. The molecule has 1 aliphatic carbocycles. The lowest BCUT2D eigenvalue weighted by molar-refractivity contribution is 0.103. The number of rotatable bonds is 6. The number of methoxy groups -OCH3 is 1. The van der Waals surface area contributed by atoms with Crippen molar-refractivity contribution in [2.24, 2.45) is 5.92 Å². The van der Waals surface area contributed by atoms with E-state index in [1.165, 1.54) is 32.1 Å². The number of benzene rings is 2. The van der Waals surface area contributed by atoms with E-state index in [1.54, 1.807) is 4.90 Å². The summed E-state index contributed by atoms with van der Waals surface area (Å²) in [5, 5.41) is 0. The quantitative estimate of drug-likeness (QED) is 0.685. The summed E-state index contributed by atoms with van der Waals surface area (Å²) in [5.41, 5.74) is -0.252. The molecule has 1 saturated carbocycles. The average Bonchev–Trinajstić information content (AvgIpc) is 3.52. The Kier molecular flexibility index (Phi) is 5.50. The molecule has 0 unspecified atom stereocenters. The lowest BCUT2D eigenvalue weighted by atomic mass is 10.0. The van der Waals surface area contributed by atoms with Crippen molar-refractivity contribution in [1.29, 1.82) is 0 Å². The lowest BCUT2D eigenvalue weighted by Gasteiger charge is -2.36. The maximum atomic E-state index is 14.7. The Balaban J connectivity index is 1.51. The molecule has 1 aliphatic heterocycles. The fourth-order valence-electron chi connectivity index (χ4n) is 3.79. The van der Waals surface area contributed by atoms with Crippen LogP contribution in [0.4, 0.5) is 18.9 Å². The van der Waals surface area contributed by atoms with Gasteiger partial charge in [-0.2, -0.15) is 0 Å². The first-order chi connectivity index (χ1) is 14.0. The van der Waals surface area contributed by atoms with Gasteiger partial charge in [0, 0.05) is 43.9 Å². The molecule has 29 heavy (non-hydrogen) atoms. The monoisotopic (exact) mass is 404 g/mol. The van der Waals surface area contributed by atoms with Gasteiger partial charge in [0.15, 0.2) is 17.3 Å². The summed E-state index contributed by atoms with van der Waals surface area (Å²) in [6.45, 7) is 3.67. The van der Waals surface area contributed by atoms with E-state index in [9.17, 15) is 18.0 Å². The van der Waals surface area contributed by atoms with Crippen LogP contribution < -0.4 is 9.64 Å². The second-order valence-electron chi connectivity index (χ2n) is 7.70. The molecule has 154 valence electrons. The van der Waals surface area contributed by atoms with E-state index in [-0.39, 0.29) is 22.6 Å². The van der Waals surface area contributed by atoms with Gasteiger partial charge in [-0.15, -0.1) is 0 Å². The standard InChI is InChI=1S/C22H23F3N2O2/c1-29-20-5-4-15(10-17(20)23)22(28)16-11-18(24)21(19(25)12-16)27-8-6-26(7-9-27)13-14-2-3-14/h4-5,10-12,14H,2-3,6-9,13H2,1H3. The molecule has 2 aromatic rings. The zero-order chi connectivity index (χ0) is 20.5. The van der Waals surface area contributed by atoms with Gasteiger partial charge in [0.25, 0.3) is 0 Å². The van der Waals surface area contributed by atoms with Crippen molar-refractivity contribution in [1.82, 2.24) is 4.90 Å². The van der Waals surface area contributed by atoms with Crippen molar-refractivity contribution in [3.63, 3.8) is 0 Å². The first kappa shape index (κ1) is 19.8. The number of carbonyl (C=O) groups is 1. The van der Waals surface area contributed by atoms with Crippen LogP contribution in [-0.2, 0) is 0 Å². The van der Waals surface area contributed by atoms with E-state index in [2.05, 4.69) is 4.90 Å². The molecule has 4 rings (SSSR count). The van der Waals surface area contributed by atoms with E-state index in [0.717, 1.165) is 43.8 Å². The van der Waals surface area contributed by atoms with Crippen LogP contribution in [0.1, 0.15) is 28.8 Å². The molecule has 2 aromatic carbocycles. The number of anilines is 1. The highest BCUT2D eigenvalue weighted by atomic mass is 19.1. The first-order valence-electron chi connectivity index (χ1n) is 9.81. The highest BCUT2D eigenvalue weighted by molar-refractivity contribution is 6.09. The molecule has 1 heterocycles. The van der Waals surface area contributed by atoms with E-state index in [1.807, 2.05) is 0 Å². The third kappa shape index (κ3) is 4.24. The van der Waals surface area contributed by atoms with Crippen LogP contribution in [0.2, 0.25) is 0 Å². The van der Waals surface area contributed by atoms with E-state index >= 15 is 0 Å².